The molecule has 2 N–H and O–H groups in total. The minimum atomic E-state index is 0.0318. The van der Waals surface area contributed by atoms with E-state index in [-0.39, 0.29) is 18.6 Å². The van der Waals surface area contributed by atoms with Crippen molar-refractivity contribution in [2.24, 2.45) is 11.7 Å². The molecule has 1 aliphatic rings. The van der Waals surface area contributed by atoms with E-state index in [4.69, 9.17) is 10.5 Å². The first-order valence-corrected chi connectivity index (χ1v) is 8.68. The van der Waals surface area contributed by atoms with E-state index in [1.54, 1.807) is 0 Å². The highest BCUT2D eigenvalue weighted by Gasteiger charge is 2.31. The van der Waals surface area contributed by atoms with E-state index in [1.807, 2.05) is 35.2 Å². The summed E-state index contributed by atoms with van der Waals surface area (Å²) in [5.41, 5.74) is 5.71. The highest BCUT2D eigenvalue weighted by Crippen LogP contribution is 2.25. The van der Waals surface area contributed by atoms with Gasteiger partial charge in [0.1, 0.15) is 5.75 Å². The van der Waals surface area contributed by atoms with E-state index in [9.17, 15) is 4.79 Å². The van der Waals surface area contributed by atoms with Gasteiger partial charge in [0, 0.05) is 17.1 Å². The maximum absolute atomic E-state index is 12.4. The molecule has 122 valence electrons. The summed E-state index contributed by atoms with van der Waals surface area (Å²) in [6.45, 7) is 3.52. The van der Waals surface area contributed by atoms with Crippen molar-refractivity contribution >= 4 is 32.6 Å². The van der Waals surface area contributed by atoms with Crippen LogP contribution in [0.4, 0.5) is 0 Å². The van der Waals surface area contributed by atoms with E-state index in [1.165, 1.54) is 0 Å². The molecule has 4 nitrogen and oxygen atoms in total. The highest BCUT2D eigenvalue weighted by molar-refractivity contribution is 9.10. The third-order valence-corrected chi connectivity index (χ3v) is 4.94. The number of amides is 1. The Bertz CT molecular complexity index is 719. The second kappa shape index (κ2) is 6.89. The normalized spacial score (nSPS) is 20.9. The SMILES string of the molecule is CC1CC(CN)CN1C(=O)COc1ccc2cc(Br)ccc2c1. The maximum atomic E-state index is 12.4. The van der Waals surface area contributed by atoms with Crippen LogP contribution in [0.2, 0.25) is 0 Å². The molecule has 1 amide bonds. The van der Waals surface area contributed by atoms with E-state index in [0.29, 0.717) is 12.5 Å². The Morgan fingerprint density at radius 2 is 2.04 bits per heavy atom. The Morgan fingerprint density at radius 1 is 1.30 bits per heavy atom. The van der Waals surface area contributed by atoms with Gasteiger partial charge in [-0.15, -0.1) is 0 Å². The molecule has 2 unspecified atom stereocenters. The van der Waals surface area contributed by atoms with E-state index < -0.39 is 0 Å². The quantitative estimate of drug-likeness (QED) is 0.891. The van der Waals surface area contributed by atoms with Gasteiger partial charge in [-0.1, -0.05) is 28.1 Å². The zero-order valence-corrected chi connectivity index (χ0v) is 14.8. The number of carbonyl (C=O) groups is 1. The van der Waals surface area contributed by atoms with Gasteiger partial charge in [-0.2, -0.15) is 0 Å². The average molecular weight is 377 g/mol. The summed E-state index contributed by atoms with van der Waals surface area (Å²) in [7, 11) is 0. The number of carbonyl (C=O) groups excluding carboxylic acids is 1. The van der Waals surface area contributed by atoms with Gasteiger partial charge < -0.3 is 15.4 Å². The number of rotatable bonds is 4. The fourth-order valence-electron chi connectivity index (χ4n) is 3.17. The molecular weight excluding hydrogens is 356 g/mol. The zero-order valence-electron chi connectivity index (χ0n) is 13.2. The summed E-state index contributed by atoms with van der Waals surface area (Å²) < 4.78 is 6.75. The van der Waals surface area contributed by atoms with Crippen LogP contribution in [0.5, 0.6) is 5.75 Å². The van der Waals surface area contributed by atoms with Crippen LogP contribution in [0.25, 0.3) is 10.8 Å². The summed E-state index contributed by atoms with van der Waals surface area (Å²) in [5, 5.41) is 2.23. The van der Waals surface area contributed by atoms with Crippen molar-refractivity contribution in [1.82, 2.24) is 4.90 Å². The van der Waals surface area contributed by atoms with Gasteiger partial charge in [0.2, 0.25) is 0 Å². The van der Waals surface area contributed by atoms with Gasteiger partial charge in [-0.05, 0) is 60.8 Å². The average Bonchev–Trinajstić information content (AvgIpc) is 2.93. The smallest absolute Gasteiger partial charge is 0.260 e. The molecule has 5 heteroatoms. The van der Waals surface area contributed by atoms with Crippen LogP contribution < -0.4 is 10.5 Å². The molecule has 0 saturated carbocycles. The molecule has 23 heavy (non-hydrogen) atoms. The van der Waals surface area contributed by atoms with Crippen LogP contribution in [-0.4, -0.2) is 36.5 Å². The first-order valence-electron chi connectivity index (χ1n) is 7.88. The summed E-state index contributed by atoms with van der Waals surface area (Å²) >= 11 is 3.46. The number of likely N-dealkylation sites (tertiary alicyclic amines) is 1. The molecule has 1 heterocycles. The van der Waals surface area contributed by atoms with Crippen LogP contribution in [0.1, 0.15) is 13.3 Å². The number of nitrogens with zero attached hydrogens (tertiary/aromatic N) is 1. The van der Waals surface area contributed by atoms with Gasteiger partial charge in [0.25, 0.3) is 5.91 Å². The van der Waals surface area contributed by atoms with Crippen LogP contribution in [0.15, 0.2) is 40.9 Å². The van der Waals surface area contributed by atoms with E-state index in [0.717, 1.165) is 34.0 Å². The number of hydrogen-bond donors (Lipinski definition) is 1. The standard InChI is InChI=1S/C18H21BrN2O2/c1-12-6-13(9-20)10-21(12)18(22)11-23-17-5-3-14-7-16(19)4-2-15(14)8-17/h2-5,7-8,12-13H,6,9-11,20H2,1H3. The third kappa shape index (κ3) is 3.67. The Labute approximate surface area is 144 Å². The molecule has 0 bridgehead atoms. The topological polar surface area (TPSA) is 55.6 Å². The van der Waals surface area contributed by atoms with Crippen molar-refractivity contribution in [1.29, 1.82) is 0 Å². The molecule has 0 radical (unpaired) electrons. The lowest BCUT2D eigenvalue weighted by Gasteiger charge is -2.21. The van der Waals surface area contributed by atoms with Crippen LogP contribution in [0.3, 0.4) is 0 Å². The van der Waals surface area contributed by atoms with Crippen molar-refractivity contribution in [3.63, 3.8) is 0 Å². The summed E-state index contributed by atoms with van der Waals surface area (Å²) in [6, 6.07) is 12.2. The number of halogens is 1. The van der Waals surface area contributed by atoms with Gasteiger partial charge in [0.15, 0.2) is 6.61 Å². The van der Waals surface area contributed by atoms with E-state index in [2.05, 4.69) is 28.9 Å². The third-order valence-electron chi connectivity index (χ3n) is 4.45. The number of hydrogen-bond acceptors (Lipinski definition) is 3. The van der Waals surface area contributed by atoms with Crippen LogP contribution >= 0.6 is 15.9 Å². The molecule has 1 aliphatic heterocycles. The predicted molar refractivity (Wildman–Crippen MR) is 95.5 cm³/mol. The van der Waals surface area contributed by atoms with Crippen molar-refractivity contribution in [3.8, 4) is 5.75 Å². The Morgan fingerprint density at radius 3 is 2.78 bits per heavy atom. The van der Waals surface area contributed by atoms with Gasteiger partial charge >= 0.3 is 0 Å². The maximum Gasteiger partial charge on any atom is 0.260 e. The molecule has 2 aromatic rings. The van der Waals surface area contributed by atoms with Crippen molar-refractivity contribution in [3.05, 3.63) is 40.9 Å². The molecule has 1 fully saturated rings. The van der Waals surface area contributed by atoms with Crippen molar-refractivity contribution < 1.29 is 9.53 Å². The lowest BCUT2D eigenvalue weighted by molar-refractivity contribution is -0.134. The molecule has 0 aromatic heterocycles. The predicted octanol–water partition coefficient (Wildman–Crippen LogP) is 3.18. The first kappa shape index (κ1) is 16.3. The minimum Gasteiger partial charge on any atom is -0.484 e. The fourth-order valence-corrected chi connectivity index (χ4v) is 3.55. The Kier molecular flexibility index (Phi) is 4.87. The molecule has 0 spiro atoms. The zero-order chi connectivity index (χ0) is 16.4. The second-order valence-corrected chi connectivity index (χ2v) is 7.09. The van der Waals surface area contributed by atoms with Gasteiger partial charge in [-0.3, -0.25) is 4.79 Å². The first-order chi connectivity index (χ1) is 11.1. The summed E-state index contributed by atoms with van der Waals surface area (Å²) in [4.78, 5) is 14.2. The molecule has 1 saturated heterocycles. The van der Waals surface area contributed by atoms with Crippen LogP contribution in [0, 0.1) is 5.92 Å². The Hall–Kier alpha value is -1.59. The molecule has 2 atom stereocenters. The Balaban J connectivity index is 1.64. The lowest BCUT2D eigenvalue weighted by Crippen LogP contribution is -2.37. The lowest BCUT2D eigenvalue weighted by atomic mass is 10.1. The van der Waals surface area contributed by atoms with E-state index >= 15 is 0 Å². The number of fused-ring (bicyclic) bond motifs is 1. The molecular formula is C18H21BrN2O2. The summed E-state index contributed by atoms with van der Waals surface area (Å²) in [5.74, 6) is 1.16. The van der Waals surface area contributed by atoms with Gasteiger partial charge in [-0.25, -0.2) is 0 Å². The monoisotopic (exact) mass is 376 g/mol. The minimum absolute atomic E-state index is 0.0318. The van der Waals surface area contributed by atoms with Crippen molar-refractivity contribution in [2.45, 2.75) is 19.4 Å². The molecule has 0 aliphatic carbocycles. The largest absolute Gasteiger partial charge is 0.484 e. The fraction of sp³-hybridized carbons (Fsp3) is 0.389. The highest BCUT2D eigenvalue weighted by atomic mass is 79.9. The van der Waals surface area contributed by atoms with Crippen molar-refractivity contribution in [2.75, 3.05) is 19.7 Å². The number of nitrogens with two attached hydrogens (primary N) is 1. The van der Waals surface area contributed by atoms with Crippen LogP contribution in [-0.2, 0) is 4.79 Å². The number of benzene rings is 2. The molecule has 3 rings (SSSR count). The second-order valence-electron chi connectivity index (χ2n) is 6.17. The molecule has 2 aromatic carbocycles. The summed E-state index contributed by atoms with van der Waals surface area (Å²) in [6.07, 6.45) is 0.979. The van der Waals surface area contributed by atoms with Gasteiger partial charge in [0.05, 0.1) is 0 Å². The number of ether oxygens (including phenoxy) is 1.